The Labute approximate surface area is 120 Å². The van der Waals surface area contributed by atoms with Crippen molar-refractivity contribution in [1.82, 2.24) is 4.98 Å². The van der Waals surface area contributed by atoms with E-state index in [4.69, 9.17) is 0 Å². The van der Waals surface area contributed by atoms with Crippen LogP contribution in [-0.2, 0) is 16.0 Å². The molecule has 1 aromatic heterocycles. The minimum atomic E-state index is -3.09. The average Bonchev–Trinajstić information content (AvgIpc) is 2.27. The van der Waals surface area contributed by atoms with Crippen molar-refractivity contribution >= 4 is 34.2 Å². The Morgan fingerprint density at radius 3 is 2.74 bits per heavy atom. The van der Waals surface area contributed by atoms with Crippen molar-refractivity contribution in [2.24, 2.45) is 0 Å². The fourth-order valence-electron chi connectivity index (χ4n) is 1.44. The molecule has 0 saturated heterocycles. The van der Waals surface area contributed by atoms with Gasteiger partial charge < -0.3 is 4.74 Å². The molecule has 0 atom stereocenters. The van der Waals surface area contributed by atoms with Gasteiger partial charge in [0, 0.05) is 5.56 Å². The van der Waals surface area contributed by atoms with Crippen LogP contribution in [0.2, 0.25) is 0 Å². The smallest absolute Gasteiger partial charge is 0.310 e. The molecule has 104 valence electrons. The number of rotatable bonds is 5. The number of nitrogens with zero attached hydrogens (tertiary/aromatic N) is 2. The number of hydrogen-bond donors (Lipinski definition) is 0. The Morgan fingerprint density at radius 1 is 1.63 bits per heavy atom. The molecular weight excluding hydrogens is 377 g/mol. The van der Waals surface area contributed by atoms with Gasteiger partial charge in [-0.1, -0.05) is 0 Å². The number of pyridine rings is 1. The van der Waals surface area contributed by atoms with Gasteiger partial charge in [0.1, 0.15) is 3.70 Å². The van der Waals surface area contributed by atoms with E-state index in [-0.39, 0.29) is 15.9 Å². The molecule has 1 rings (SSSR count). The van der Waals surface area contributed by atoms with Crippen LogP contribution in [0.15, 0.2) is 6.07 Å². The summed E-state index contributed by atoms with van der Waals surface area (Å²) in [6, 6.07) is 1.22. The second-order valence-electron chi connectivity index (χ2n) is 3.38. The topological polar surface area (TPSA) is 82.3 Å². The lowest BCUT2D eigenvalue weighted by atomic mass is 10.1. The summed E-state index contributed by atoms with van der Waals surface area (Å²) >= 11 is 1.65. The zero-order valence-corrected chi connectivity index (χ0v) is 11.9. The predicted octanol–water partition coefficient (Wildman–Crippen LogP) is 2.64. The minimum absolute atomic E-state index is 0.108. The van der Waals surface area contributed by atoms with Crippen LogP contribution in [0.3, 0.4) is 0 Å². The van der Waals surface area contributed by atoms with E-state index in [1.54, 1.807) is 29.5 Å². The molecule has 0 spiro atoms. The van der Waals surface area contributed by atoms with Crippen LogP contribution in [-0.4, -0.2) is 22.5 Å². The summed E-state index contributed by atoms with van der Waals surface area (Å²) < 4.78 is 30.3. The highest BCUT2D eigenvalue weighted by molar-refractivity contribution is 14.1. The third kappa shape index (κ3) is 4.04. The lowest BCUT2D eigenvalue weighted by molar-refractivity contribution is -0.387. The van der Waals surface area contributed by atoms with Gasteiger partial charge in [-0.25, -0.2) is 13.8 Å². The first kappa shape index (κ1) is 15.7. The summed E-state index contributed by atoms with van der Waals surface area (Å²) in [7, 11) is 0. The molecule has 0 unspecified atom stereocenters. The van der Waals surface area contributed by atoms with Crippen LogP contribution in [0.5, 0.6) is 0 Å². The first-order valence-corrected chi connectivity index (χ1v) is 6.22. The van der Waals surface area contributed by atoms with Crippen molar-refractivity contribution < 1.29 is 23.2 Å². The standard InChI is InChI=1S/C10H9F2IN2O4/c1-2-19-7(16)4-5-3-6(13)14-8(10(11)12)9(5)15(17)18/h3,10H,2,4H2,1H3. The van der Waals surface area contributed by atoms with Crippen molar-refractivity contribution in [3.05, 3.63) is 31.1 Å². The summed E-state index contributed by atoms with van der Waals surface area (Å²) in [5.41, 5.74) is -1.89. The number of hydrogen-bond acceptors (Lipinski definition) is 5. The summed E-state index contributed by atoms with van der Waals surface area (Å²) in [6.07, 6.45) is -3.53. The summed E-state index contributed by atoms with van der Waals surface area (Å²) in [5.74, 6) is -0.715. The van der Waals surface area contributed by atoms with Crippen molar-refractivity contribution in [3.63, 3.8) is 0 Å². The number of aromatic nitrogens is 1. The van der Waals surface area contributed by atoms with E-state index < -0.39 is 35.1 Å². The summed E-state index contributed by atoms with van der Waals surface area (Å²) in [4.78, 5) is 24.7. The molecule has 0 aliphatic heterocycles. The van der Waals surface area contributed by atoms with Crippen LogP contribution in [0.4, 0.5) is 14.5 Å². The average molecular weight is 386 g/mol. The fourth-order valence-corrected chi connectivity index (χ4v) is 2.08. The first-order chi connectivity index (χ1) is 8.86. The molecule has 0 radical (unpaired) electrons. The van der Waals surface area contributed by atoms with Crippen molar-refractivity contribution in [2.75, 3.05) is 6.61 Å². The minimum Gasteiger partial charge on any atom is -0.466 e. The van der Waals surface area contributed by atoms with Gasteiger partial charge in [-0.15, -0.1) is 0 Å². The molecule has 1 heterocycles. The number of halogens is 3. The molecule has 0 aliphatic carbocycles. The zero-order valence-electron chi connectivity index (χ0n) is 9.73. The number of ether oxygens (including phenoxy) is 1. The highest BCUT2D eigenvalue weighted by Crippen LogP contribution is 2.31. The Kier molecular flexibility index (Phi) is 5.51. The molecule has 0 N–H and O–H groups in total. The predicted molar refractivity (Wildman–Crippen MR) is 68.9 cm³/mol. The molecule has 6 nitrogen and oxygen atoms in total. The van der Waals surface area contributed by atoms with Crippen molar-refractivity contribution in [3.8, 4) is 0 Å². The number of alkyl halides is 2. The van der Waals surface area contributed by atoms with Gasteiger partial charge in [-0.05, 0) is 35.6 Å². The van der Waals surface area contributed by atoms with Gasteiger partial charge in [-0.3, -0.25) is 14.9 Å². The van der Waals surface area contributed by atoms with Crippen molar-refractivity contribution in [1.29, 1.82) is 0 Å². The first-order valence-electron chi connectivity index (χ1n) is 5.14. The second-order valence-corrected chi connectivity index (χ2v) is 4.48. The summed E-state index contributed by atoms with van der Waals surface area (Å²) in [6.45, 7) is 1.68. The maximum atomic E-state index is 12.7. The molecule has 19 heavy (non-hydrogen) atoms. The maximum Gasteiger partial charge on any atom is 0.310 e. The van der Waals surface area contributed by atoms with E-state index in [0.29, 0.717) is 0 Å². The Balaban J connectivity index is 3.28. The van der Waals surface area contributed by atoms with E-state index in [1.807, 2.05) is 0 Å². The van der Waals surface area contributed by atoms with Gasteiger partial charge in [-0.2, -0.15) is 0 Å². The summed E-state index contributed by atoms with van der Waals surface area (Å²) in [5, 5.41) is 10.9. The van der Waals surface area contributed by atoms with Crippen LogP contribution < -0.4 is 0 Å². The van der Waals surface area contributed by atoms with Crippen LogP contribution >= 0.6 is 22.6 Å². The molecule has 0 aromatic carbocycles. The Bertz CT molecular complexity index is 511. The molecule has 0 saturated carbocycles. The van der Waals surface area contributed by atoms with Crippen LogP contribution in [0.25, 0.3) is 0 Å². The maximum absolute atomic E-state index is 12.7. The number of nitro groups is 1. The SMILES string of the molecule is CCOC(=O)Cc1cc(I)nc(C(F)F)c1[N+](=O)[O-]. The molecule has 0 bridgehead atoms. The third-order valence-corrected chi connectivity index (χ3v) is 2.65. The van der Waals surface area contributed by atoms with E-state index in [1.165, 1.54) is 6.07 Å². The van der Waals surface area contributed by atoms with E-state index in [0.717, 1.165) is 0 Å². The monoisotopic (exact) mass is 386 g/mol. The normalized spacial score (nSPS) is 10.6. The molecule has 0 fully saturated rings. The largest absolute Gasteiger partial charge is 0.466 e. The third-order valence-electron chi connectivity index (χ3n) is 2.10. The van der Waals surface area contributed by atoms with E-state index in [9.17, 15) is 23.7 Å². The van der Waals surface area contributed by atoms with Gasteiger partial charge in [0.2, 0.25) is 0 Å². The van der Waals surface area contributed by atoms with E-state index in [2.05, 4.69) is 9.72 Å². The number of esters is 1. The molecular formula is C10H9F2IN2O4. The molecule has 0 aliphatic rings. The Morgan fingerprint density at radius 2 is 2.26 bits per heavy atom. The fraction of sp³-hybridized carbons (Fsp3) is 0.400. The quantitative estimate of drug-likeness (QED) is 0.256. The highest BCUT2D eigenvalue weighted by Gasteiger charge is 2.29. The number of carbonyl (C=O) groups is 1. The lowest BCUT2D eigenvalue weighted by Gasteiger charge is -2.07. The molecule has 0 amide bonds. The second kappa shape index (κ2) is 6.68. The van der Waals surface area contributed by atoms with Crippen LogP contribution in [0.1, 0.15) is 24.6 Å². The lowest BCUT2D eigenvalue weighted by Crippen LogP contribution is -2.12. The number of carbonyl (C=O) groups excluding carboxylic acids is 1. The highest BCUT2D eigenvalue weighted by atomic mass is 127. The molecule has 1 aromatic rings. The zero-order chi connectivity index (χ0) is 14.6. The van der Waals surface area contributed by atoms with Gasteiger partial charge in [0.25, 0.3) is 12.1 Å². The van der Waals surface area contributed by atoms with Crippen molar-refractivity contribution in [2.45, 2.75) is 19.8 Å². The van der Waals surface area contributed by atoms with Crippen LogP contribution in [0, 0.1) is 13.8 Å². The Hall–Kier alpha value is -1.39. The van der Waals surface area contributed by atoms with Gasteiger partial charge in [0.15, 0.2) is 5.69 Å². The van der Waals surface area contributed by atoms with Gasteiger partial charge >= 0.3 is 5.97 Å². The van der Waals surface area contributed by atoms with E-state index >= 15 is 0 Å². The van der Waals surface area contributed by atoms with Gasteiger partial charge in [0.05, 0.1) is 18.0 Å². The molecule has 9 heteroatoms.